The van der Waals surface area contributed by atoms with E-state index in [2.05, 4.69) is 10.6 Å². The molecule has 0 bridgehead atoms. The molecule has 23 heavy (non-hydrogen) atoms. The van der Waals surface area contributed by atoms with E-state index in [1.165, 1.54) is 25.1 Å². The summed E-state index contributed by atoms with van der Waals surface area (Å²) in [4.78, 5) is 11.9. The van der Waals surface area contributed by atoms with Crippen LogP contribution in [0.4, 0.5) is 33.7 Å². The van der Waals surface area contributed by atoms with E-state index < -0.39 is 23.6 Å². The van der Waals surface area contributed by atoms with E-state index >= 15 is 0 Å². The first-order valence-corrected chi connectivity index (χ1v) is 6.76. The second kappa shape index (κ2) is 6.45. The van der Waals surface area contributed by atoms with Gasteiger partial charge in [0, 0.05) is 11.3 Å². The summed E-state index contributed by atoms with van der Waals surface area (Å²) in [6, 6.07) is 5.82. The van der Waals surface area contributed by atoms with Gasteiger partial charge in [0.1, 0.15) is 5.82 Å². The van der Waals surface area contributed by atoms with Crippen LogP contribution in [0.5, 0.6) is 0 Å². The Labute approximate surface area is 134 Å². The van der Waals surface area contributed by atoms with Gasteiger partial charge in [0.25, 0.3) is 0 Å². The van der Waals surface area contributed by atoms with Crippen molar-refractivity contribution in [2.24, 2.45) is 0 Å². The van der Waals surface area contributed by atoms with Crippen molar-refractivity contribution in [3.63, 3.8) is 0 Å². The van der Waals surface area contributed by atoms with E-state index in [0.717, 1.165) is 18.2 Å². The molecule has 8 heteroatoms. The van der Waals surface area contributed by atoms with E-state index in [9.17, 15) is 22.4 Å². The number of carbonyl (C=O) groups excluding carboxylic acids is 1. The average molecular weight is 347 g/mol. The number of alkyl halides is 3. The molecule has 2 rings (SSSR count). The highest BCUT2D eigenvalue weighted by Gasteiger charge is 2.31. The number of rotatable bonds is 2. The number of urea groups is 1. The highest BCUT2D eigenvalue weighted by atomic mass is 35.5. The van der Waals surface area contributed by atoms with Gasteiger partial charge in [-0.15, -0.1) is 0 Å². The summed E-state index contributed by atoms with van der Waals surface area (Å²) < 4.78 is 51.4. The maximum Gasteiger partial charge on any atom is 0.416 e. The Balaban J connectivity index is 2.19. The molecule has 0 unspecified atom stereocenters. The van der Waals surface area contributed by atoms with Crippen LogP contribution in [0.25, 0.3) is 0 Å². The van der Waals surface area contributed by atoms with Gasteiger partial charge in [-0.1, -0.05) is 17.7 Å². The van der Waals surface area contributed by atoms with Crippen molar-refractivity contribution in [2.45, 2.75) is 13.1 Å². The minimum Gasteiger partial charge on any atom is -0.307 e. The van der Waals surface area contributed by atoms with Crippen LogP contribution in [-0.2, 0) is 6.18 Å². The lowest BCUT2D eigenvalue weighted by Crippen LogP contribution is -2.20. The van der Waals surface area contributed by atoms with Crippen LogP contribution in [0.15, 0.2) is 36.4 Å². The molecule has 2 N–H and O–H groups in total. The van der Waals surface area contributed by atoms with Gasteiger partial charge < -0.3 is 10.6 Å². The fourth-order valence-electron chi connectivity index (χ4n) is 1.82. The van der Waals surface area contributed by atoms with Gasteiger partial charge in [-0.3, -0.25) is 0 Å². The first kappa shape index (κ1) is 17.1. The molecule has 0 saturated heterocycles. The van der Waals surface area contributed by atoms with Gasteiger partial charge in [-0.05, 0) is 37.3 Å². The lowest BCUT2D eigenvalue weighted by molar-refractivity contribution is -0.137. The number of benzene rings is 2. The van der Waals surface area contributed by atoms with Crippen molar-refractivity contribution in [1.29, 1.82) is 0 Å². The minimum atomic E-state index is -4.56. The van der Waals surface area contributed by atoms with Crippen molar-refractivity contribution in [3.8, 4) is 0 Å². The zero-order valence-corrected chi connectivity index (χ0v) is 12.5. The fraction of sp³-hybridized carbons (Fsp3) is 0.133. The molecule has 122 valence electrons. The van der Waals surface area contributed by atoms with Crippen molar-refractivity contribution >= 4 is 29.0 Å². The summed E-state index contributed by atoms with van der Waals surface area (Å²) in [5.74, 6) is -0.514. The largest absolute Gasteiger partial charge is 0.416 e. The lowest BCUT2D eigenvalue weighted by Gasteiger charge is -2.13. The zero-order chi connectivity index (χ0) is 17.2. The van der Waals surface area contributed by atoms with Crippen LogP contribution >= 0.6 is 11.6 Å². The van der Waals surface area contributed by atoms with E-state index in [1.54, 1.807) is 0 Å². The minimum absolute atomic E-state index is 0.0517. The number of halogens is 5. The van der Waals surface area contributed by atoms with Gasteiger partial charge in [-0.25, -0.2) is 9.18 Å². The van der Waals surface area contributed by atoms with Crippen LogP contribution < -0.4 is 10.6 Å². The van der Waals surface area contributed by atoms with Gasteiger partial charge in [-0.2, -0.15) is 13.2 Å². The van der Waals surface area contributed by atoms with Crippen LogP contribution in [0, 0.1) is 12.7 Å². The van der Waals surface area contributed by atoms with Crippen LogP contribution in [0.1, 0.15) is 11.1 Å². The monoisotopic (exact) mass is 346 g/mol. The second-order valence-corrected chi connectivity index (χ2v) is 5.09. The molecule has 0 fully saturated rings. The Morgan fingerprint density at radius 1 is 1.09 bits per heavy atom. The van der Waals surface area contributed by atoms with Gasteiger partial charge in [0.2, 0.25) is 0 Å². The van der Waals surface area contributed by atoms with Crippen LogP contribution in [0.2, 0.25) is 5.02 Å². The molecule has 0 radical (unpaired) electrons. The number of nitrogens with one attached hydrogen (secondary N) is 2. The van der Waals surface area contributed by atoms with Crippen molar-refractivity contribution in [1.82, 2.24) is 0 Å². The van der Waals surface area contributed by atoms with Gasteiger partial charge >= 0.3 is 12.2 Å². The summed E-state index contributed by atoms with van der Waals surface area (Å²) in [6.45, 7) is 1.46. The molecular weight excluding hydrogens is 336 g/mol. The molecule has 0 spiro atoms. The smallest absolute Gasteiger partial charge is 0.307 e. The van der Waals surface area contributed by atoms with Crippen molar-refractivity contribution in [2.75, 3.05) is 10.6 Å². The summed E-state index contributed by atoms with van der Waals surface area (Å²) in [6.07, 6.45) is -4.56. The molecule has 2 aromatic rings. The number of hydrogen-bond acceptors (Lipinski definition) is 1. The highest BCUT2D eigenvalue weighted by Crippen LogP contribution is 2.33. The number of anilines is 2. The molecule has 0 aromatic heterocycles. The summed E-state index contributed by atoms with van der Waals surface area (Å²) in [5.41, 5.74) is -0.740. The van der Waals surface area contributed by atoms with Gasteiger partial charge in [0.05, 0.1) is 16.3 Å². The van der Waals surface area contributed by atoms with Crippen molar-refractivity contribution in [3.05, 3.63) is 58.4 Å². The van der Waals surface area contributed by atoms with Crippen molar-refractivity contribution < 1.29 is 22.4 Å². The molecule has 2 aromatic carbocycles. The molecule has 0 aliphatic heterocycles. The highest BCUT2D eigenvalue weighted by molar-refractivity contribution is 6.33. The predicted molar refractivity (Wildman–Crippen MR) is 80.2 cm³/mol. The average Bonchev–Trinajstić information content (AvgIpc) is 2.45. The predicted octanol–water partition coefficient (Wildman–Crippen LogP) is 5.45. The fourth-order valence-corrected chi connectivity index (χ4v) is 1.98. The third-order valence-corrected chi connectivity index (χ3v) is 3.39. The molecule has 0 aliphatic carbocycles. The summed E-state index contributed by atoms with van der Waals surface area (Å²) in [5, 5.41) is 4.52. The SMILES string of the molecule is Cc1c(F)cccc1NC(=O)Nc1cc(C(F)(F)F)ccc1Cl. The molecule has 3 nitrogen and oxygen atoms in total. The number of carbonyl (C=O) groups is 1. The Bertz CT molecular complexity index is 747. The molecular formula is C15H11ClF4N2O. The summed E-state index contributed by atoms with van der Waals surface area (Å²) in [7, 11) is 0. The first-order chi connectivity index (χ1) is 10.7. The normalized spacial score (nSPS) is 11.2. The maximum atomic E-state index is 13.4. The molecule has 2 amide bonds. The topological polar surface area (TPSA) is 41.1 Å². The van der Waals surface area contributed by atoms with Crippen LogP contribution in [0.3, 0.4) is 0 Å². The van der Waals surface area contributed by atoms with Gasteiger partial charge in [0.15, 0.2) is 0 Å². The van der Waals surface area contributed by atoms with E-state index in [0.29, 0.717) is 0 Å². The van der Waals surface area contributed by atoms with E-state index in [4.69, 9.17) is 11.6 Å². The third kappa shape index (κ3) is 4.13. The van der Waals surface area contributed by atoms with Crippen LogP contribution in [-0.4, -0.2) is 6.03 Å². The Morgan fingerprint density at radius 2 is 1.74 bits per heavy atom. The Hall–Kier alpha value is -2.28. The Morgan fingerprint density at radius 3 is 2.39 bits per heavy atom. The van der Waals surface area contributed by atoms with E-state index in [-0.39, 0.29) is 22.0 Å². The standard InChI is InChI=1S/C15H11ClF4N2O/c1-8-11(17)3-2-4-12(8)21-14(23)22-13-7-9(15(18,19)20)5-6-10(13)16/h2-7H,1H3,(H2,21,22,23). The maximum absolute atomic E-state index is 13.4. The zero-order valence-electron chi connectivity index (χ0n) is 11.8. The quantitative estimate of drug-likeness (QED) is 0.697. The second-order valence-electron chi connectivity index (χ2n) is 4.68. The number of hydrogen-bond donors (Lipinski definition) is 2. The number of amides is 2. The Kier molecular flexibility index (Phi) is 4.79. The molecule has 0 atom stereocenters. The molecule has 0 heterocycles. The molecule has 0 saturated carbocycles. The lowest BCUT2D eigenvalue weighted by atomic mass is 10.2. The first-order valence-electron chi connectivity index (χ1n) is 6.38. The van der Waals surface area contributed by atoms with E-state index in [1.807, 2.05) is 0 Å². The third-order valence-electron chi connectivity index (χ3n) is 3.06. The molecule has 0 aliphatic rings. The summed E-state index contributed by atoms with van der Waals surface area (Å²) >= 11 is 5.78.